The molecule has 1 atom stereocenters. The Morgan fingerprint density at radius 1 is 1.47 bits per heavy atom. The van der Waals surface area contributed by atoms with Gasteiger partial charge in [0.25, 0.3) is 0 Å². The summed E-state index contributed by atoms with van der Waals surface area (Å²) in [4.78, 5) is 1.29. The van der Waals surface area contributed by atoms with Gasteiger partial charge in [-0.3, -0.25) is 0 Å². The molecule has 2 aromatic heterocycles. The Bertz CT molecular complexity index is 408. The zero-order valence-corrected chi connectivity index (χ0v) is 10.4. The van der Waals surface area contributed by atoms with E-state index in [9.17, 15) is 5.11 Å². The molecule has 0 amide bonds. The van der Waals surface area contributed by atoms with Crippen LogP contribution in [0.1, 0.15) is 23.2 Å². The number of aliphatic hydroxyl groups is 1. The standard InChI is InChI=1S/C11H11BrO2S/c12-9-5-6-14-11(9)10(13)4-3-8-2-1-7-15-8/h1-2,5-7,10,13H,3-4H2. The third kappa shape index (κ3) is 2.71. The molecular formula is C11H11BrO2S. The third-order valence-corrected chi connectivity index (χ3v) is 3.78. The van der Waals surface area contributed by atoms with E-state index in [-0.39, 0.29) is 0 Å². The minimum absolute atomic E-state index is 0.531. The number of aliphatic hydroxyl groups excluding tert-OH is 1. The lowest BCUT2D eigenvalue weighted by molar-refractivity contribution is 0.140. The molecule has 2 nitrogen and oxygen atoms in total. The van der Waals surface area contributed by atoms with Gasteiger partial charge in [-0.25, -0.2) is 0 Å². The fraction of sp³-hybridized carbons (Fsp3) is 0.273. The van der Waals surface area contributed by atoms with Crippen LogP contribution in [0.25, 0.3) is 0 Å². The van der Waals surface area contributed by atoms with Crippen molar-refractivity contribution < 1.29 is 9.52 Å². The molecule has 0 radical (unpaired) electrons. The van der Waals surface area contributed by atoms with Crippen LogP contribution in [0.3, 0.4) is 0 Å². The number of aryl methyl sites for hydroxylation is 1. The van der Waals surface area contributed by atoms with Gasteiger partial charge in [-0.15, -0.1) is 11.3 Å². The molecule has 0 aliphatic rings. The van der Waals surface area contributed by atoms with Crippen molar-refractivity contribution >= 4 is 27.3 Å². The van der Waals surface area contributed by atoms with Crippen molar-refractivity contribution in [2.24, 2.45) is 0 Å². The number of halogens is 1. The number of furan rings is 1. The Hall–Kier alpha value is -0.580. The summed E-state index contributed by atoms with van der Waals surface area (Å²) in [7, 11) is 0. The van der Waals surface area contributed by atoms with E-state index in [4.69, 9.17) is 4.42 Å². The molecular weight excluding hydrogens is 276 g/mol. The van der Waals surface area contributed by atoms with Crippen molar-refractivity contribution in [2.45, 2.75) is 18.9 Å². The topological polar surface area (TPSA) is 33.4 Å². The molecule has 0 saturated heterocycles. The van der Waals surface area contributed by atoms with Gasteiger partial charge in [0.2, 0.25) is 0 Å². The summed E-state index contributed by atoms with van der Waals surface area (Å²) in [6.45, 7) is 0. The van der Waals surface area contributed by atoms with Gasteiger partial charge in [0.05, 0.1) is 10.7 Å². The first-order valence-corrected chi connectivity index (χ1v) is 6.38. The predicted molar refractivity (Wildman–Crippen MR) is 64.0 cm³/mol. The highest BCUT2D eigenvalue weighted by molar-refractivity contribution is 9.10. The first-order chi connectivity index (χ1) is 7.27. The molecule has 15 heavy (non-hydrogen) atoms. The van der Waals surface area contributed by atoms with E-state index < -0.39 is 6.10 Å². The number of hydrogen-bond acceptors (Lipinski definition) is 3. The highest BCUT2D eigenvalue weighted by atomic mass is 79.9. The number of thiophene rings is 1. The molecule has 4 heteroatoms. The quantitative estimate of drug-likeness (QED) is 0.928. The van der Waals surface area contributed by atoms with E-state index in [2.05, 4.69) is 22.0 Å². The molecule has 2 heterocycles. The van der Waals surface area contributed by atoms with Gasteiger partial charge in [-0.2, -0.15) is 0 Å². The lowest BCUT2D eigenvalue weighted by Crippen LogP contribution is -1.97. The van der Waals surface area contributed by atoms with Gasteiger partial charge >= 0.3 is 0 Å². The molecule has 0 saturated carbocycles. The molecule has 0 aromatic carbocycles. The maximum absolute atomic E-state index is 9.87. The molecule has 1 unspecified atom stereocenters. The van der Waals surface area contributed by atoms with Crippen LogP contribution in [-0.4, -0.2) is 5.11 Å². The molecule has 0 bridgehead atoms. The fourth-order valence-electron chi connectivity index (χ4n) is 1.41. The molecule has 2 aromatic rings. The monoisotopic (exact) mass is 286 g/mol. The summed E-state index contributed by atoms with van der Waals surface area (Å²) in [6, 6.07) is 5.90. The Kier molecular flexibility index (Phi) is 3.61. The maximum atomic E-state index is 9.87. The Morgan fingerprint density at radius 3 is 2.93 bits per heavy atom. The normalized spacial score (nSPS) is 12.9. The Morgan fingerprint density at radius 2 is 2.33 bits per heavy atom. The van der Waals surface area contributed by atoms with E-state index in [1.54, 1.807) is 23.7 Å². The molecule has 0 spiro atoms. The van der Waals surface area contributed by atoms with Crippen LogP contribution in [-0.2, 0) is 6.42 Å². The van der Waals surface area contributed by atoms with Gasteiger partial charge in [0.1, 0.15) is 11.9 Å². The summed E-state index contributed by atoms with van der Waals surface area (Å²) in [5, 5.41) is 11.9. The van der Waals surface area contributed by atoms with Crippen molar-refractivity contribution in [3.63, 3.8) is 0 Å². The van der Waals surface area contributed by atoms with E-state index in [0.717, 1.165) is 10.9 Å². The van der Waals surface area contributed by atoms with Crippen molar-refractivity contribution in [1.82, 2.24) is 0 Å². The van der Waals surface area contributed by atoms with Crippen molar-refractivity contribution in [3.05, 3.63) is 45.0 Å². The van der Waals surface area contributed by atoms with Crippen LogP contribution in [0.4, 0.5) is 0 Å². The molecule has 2 rings (SSSR count). The highest BCUT2D eigenvalue weighted by Gasteiger charge is 2.14. The van der Waals surface area contributed by atoms with Gasteiger partial charge in [-0.1, -0.05) is 6.07 Å². The summed E-state index contributed by atoms with van der Waals surface area (Å²) < 4.78 is 6.04. The maximum Gasteiger partial charge on any atom is 0.146 e. The molecule has 0 aliphatic heterocycles. The van der Waals surface area contributed by atoms with E-state index >= 15 is 0 Å². The zero-order chi connectivity index (χ0) is 10.7. The smallest absolute Gasteiger partial charge is 0.146 e. The van der Waals surface area contributed by atoms with Crippen LogP contribution in [0.5, 0.6) is 0 Å². The molecule has 80 valence electrons. The summed E-state index contributed by atoms with van der Waals surface area (Å²) in [5.74, 6) is 0.617. The Labute approximate surface area is 101 Å². The first kappa shape index (κ1) is 10.9. The lowest BCUT2D eigenvalue weighted by atomic mass is 10.1. The summed E-state index contributed by atoms with van der Waals surface area (Å²) >= 11 is 5.05. The van der Waals surface area contributed by atoms with Crippen molar-refractivity contribution in [3.8, 4) is 0 Å². The second kappa shape index (κ2) is 4.96. The molecule has 0 fully saturated rings. The SMILES string of the molecule is OC(CCc1cccs1)c1occc1Br. The minimum Gasteiger partial charge on any atom is -0.465 e. The second-order valence-electron chi connectivity index (χ2n) is 3.27. The first-order valence-electron chi connectivity index (χ1n) is 4.70. The van der Waals surface area contributed by atoms with E-state index in [0.29, 0.717) is 12.2 Å². The van der Waals surface area contributed by atoms with E-state index in [1.807, 2.05) is 11.4 Å². The second-order valence-corrected chi connectivity index (χ2v) is 5.15. The lowest BCUT2D eigenvalue weighted by Gasteiger charge is -2.07. The average Bonchev–Trinajstić information content (AvgIpc) is 2.84. The number of hydrogen-bond donors (Lipinski definition) is 1. The summed E-state index contributed by atoms with van der Waals surface area (Å²) in [5.41, 5.74) is 0. The van der Waals surface area contributed by atoms with Crippen LogP contribution in [0.2, 0.25) is 0 Å². The third-order valence-electron chi connectivity index (χ3n) is 2.19. The van der Waals surface area contributed by atoms with Gasteiger partial charge in [0, 0.05) is 4.88 Å². The molecule has 1 N–H and O–H groups in total. The van der Waals surface area contributed by atoms with Crippen LogP contribution >= 0.6 is 27.3 Å². The number of rotatable bonds is 4. The van der Waals surface area contributed by atoms with Gasteiger partial charge in [-0.05, 0) is 46.3 Å². The predicted octanol–water partition coefficient (Wildman–Crippen LogP) is 3.77. The van der Waals surface area contributed by atoms with Crippen LogP contribution in [0, 0.1) is 0 Å². The Balaban J connectivity index is 1.93. The minimum atomic E-state index is -0.531. The van der Waals surface area contributed by atoms with Crippen LogP contribution in [0.15, 0.2) is 38.7 Å². The van der Waals surface area contributed by atoms with Gasteiger partial charge < -0.3 is 9.52 Å². The summed E-state index contributed by atoms with van der Waals surface area (Å²) in [6.07, 6.45) is 2.61. The highest BCUT2D eigenvalue weighted by Crippen LogP contribution is 2.28. The van der Waals surface area contributed by atoms with Crippen molar-refractivity contribution in [1.29, 1.82) is 0 Å². The fourth-order valence-corrected chi connectivity index (χ4v) is 2.60. The average molecular weight is 287 g/mol. The largest absolute Gasteiger partial charge is 0.465 e. The zero-order valence-electron chi connectivity index (χ0n) is 8.02. The van der Waals surface area contributed by atoms with Gasteiger partial charge in [0.15, 0.2) is 0 Å². The molecule has 0 aliphatic carbocycles. The van der Waals surface area contributed by atoms with Crippen molar-refractivity contribution in [2.75, 3.05) is 0 Å². The van der Waals surface area contributed by atoms with Crippen LogP contribution < -0.4 is 0 Å². The van der Waals surface area contributed by atoms with E-state index in [1.165, 1.54) is 4.88 Å².